The maximum absolute atomic E-state index is 12.4. The van der Waals surface area contributed by atoms with E-state index in [4.69, 9.17) is 6.11 Å². The molecule has 0 radical (unpaired) electrons. The van der Waals surface area contributed by atoms with Crippen LogP contribution in [-0.4, -0.2) is 18.0 Å². The van der Waals surface area contributed by atoms with Crippen LogP contribution in [-0.2, 0) is 5.41 Å². The number of aromatic nitrogens is 1. The minimum atomic E-state index is -1.52. The first-order valence-electron chi connectivity index (χ1n) is 44.9. The Morgan fingerprint density at radius 3 is 1.25 bits per heavy atom. The molecule has 0 spiro atoms. The standard InChI is InChI=1S/C100H68B2N4O/c1-100(2,3)71-60-85-90-86(61-71)106(97-76(68-41-21-9-22-42-68)50-29-51-77(97)69-43-23-10-24-44-69)87-62-88-94-99(93(87)101(90)80-57-55-70(63-31-11-4-12-32-63)59-84(80)105(85)96-74(66-37-17-7-18-38-66)48-28-49-75(96)67-39-19-8-20-40-67)107-89-54-30-53-82-91(89)102(94)92-83(58-56-79-78-45-25-26-52-81(78)103(88)98(79)92)104(82)95-72(64-33-13-5-14-34-64)46-27-47-73(95)65-35-15-6-16-36-65/h4-62H,1-3H3/i4D,11D,12D,25D,26D,30D,31D,32D,45D,52D,53D,54D,55D,56D,57D,58D,59D,62D. The van der Waals surface area contributed by atoms with E-state index in [-0.39, 0.29) is 95.1 Å². The molecule has 0 aliphatic carbocycles. The lowest BCUT2D eigenvalue weighted by atomic mass is 9.29. The maximum Gasteiger partial charge on any atom is 0.261 e. The molecule has 5 aliphatic rings. The summed E-state index contributed by atoms with van der Waals surface area (Å²) in [5.41, 5.74) is 10.4. The first kappa shape index (κ1) is 45.7. The fourth-order valence-corrected chi connectivity index (χ4v) is 17.3. The van der Waals surface area contributed by atoms with Gasteiger partial charge in [0, 0.05) is 84.0 Å². The number of rotatable bonds is 10. The van der Waals surface area contributed by atoms with Gasteiger partial charge in [-0.05, 0) is 137 Å². The van der Waals surface area contributed by atoms with Gasteiger partial charge in [-0.15, -0.1) is 0 Å². The first-order chi connectivity index (χ1) is 60.3. The first-order valence-corrected chi connectivity index (χ1v) is 35.9. The highest BCUT2D eigenvalue weighted by molar-refractivity contribution is 7.04. The SMILES string of the molecule is [2H]c1c([2H])c([2H])c(-c2c([2H])c([2H])c3c(c2[2H])N(c2c(-c4ccccc4)cccc2-c2ccccc2)c2cc(C(C)(C)C)cc4c2B3c2c3c5c(c([2H])c2N4c2c(-c4ccccc4)cccc2-c2ccccc2)-n2c4c([2H])c([2H])c([2H])c([2H])c4c4c([2H])c([2H])c6c(c42)B5c2c(c([2H])c([2H])c([2H])c2N6c2c(-c4ccccc4)cccc2-c2ccccc2)O3)c([2H])c1[2H]. The van der Waals surface area contributed by atoms with Gasteiger partial charge < -0.3 is 24.0 Å². The minimum absolute atomic E-state index is 0.00510. The third-order valence-corrected chi connectivity index (χ3v) is 21.9. The molecule has 5 aliphatic heterocycles. The van der Waals surface area contributed by atoms with Crippen molar-refractivity contribution >= 4 is 119 Å². The molecular weight excluding hydrogens is 1290 g/mol. The van der Waals surface area contributed by atoms with Crippen molar-refractivity contribution < 1.29 is 29.4 Å². The summed E-state index contributed by atoms with van der Waals surface area (Å²) in [6, 6.07) is 69.5. The van der Waals surface area contributed by atoms with Gasteiger partial charge in [0.1, 0.15) is 11.5 Å². The van der Waals surface area contributed by atoms with Crippen LogP contribution >= 0.6 is 0 Å². The van der Waals surface area contributed by atoms with Gasteiger partial charge in [0.15, 0.2) is 0 Å². The van der Waals surface area contributed by atoms with E-state index >= 15 is 0 Å². The van der Waals surface area contributed by atoms with Crippen molar-refractivity contribution in [2.45, 2.75) is 26.2 Å². The molecule has 16 aromatic carbocycles. The van der Waals surface area contributed by atoms with Crippen LogP contribution in [0.4, 0.5) is 51.2 Å². The normalized spacial score (nSPS) is 15.5. The van der Waals surface area contributed by atoms with Crippen molar-refractivity contribution in [3.8, 4) is 95.1 Å². The van der Waals surface area contributed by atoms with E-state index in [0.29, 0.717) is 84.0 Å². The number of hydrogen-bond donors (Lipinski definition) is 0. The molecular formula is C100H68B2N4O. The van der Waals surface area contributed by atoms with Crippen molar-refractivity contribution in [1.82, 2.24) is 4.57 Å². The van der Waals surface area contributed by atoms with E-state index < -0.39 is 133 Å². The summed E-state index contributed by atoms with van der Waals surface area (Å²) in [6.07, 6.45) is 0. The molecule has 0 bridgehead atoms. The minimum Gasteiger partial charge on any atom is -0.459 e. The Morgan fingerprint density at radius 1 is 0.308 bits per heavy atom. The topological polar surface area (TPSA) is 23.9 Å². The zero-order valence-corrected chi connectivity index (χ0v) is 58.0. The van der Waals surface area contributed by atoms with Gasteiger partial charge in [-0.3, -0.25) is 0 Å². The van der Waals surface area contributed by atoms with Crippen molar-refractivity contribution in [1.29, 1.82) is 0 Å². The van der Waals surface area contributed by atoms with Gasteiger partial charge in [-0.25, -0.2) is 0 Å². The zero-order valence-electron chi connectivity index (χ0n) is 76.0. The van der Waals surface area contributed by atoms with Crippen LogP contribution < -0.4 is 52.2 Å². The zero-order chi connectivity index (χ0) is 86.4. The molecule has 107 heavy (non-hydrogen) atoms. The second-order valence-corrected chi connectivity index (χ2v) is 28.7. The summed E-state index contributed by atoms with van der Waals surface area (Å²) in [5, 5.41) is -0.164. The number of para-hydroxylation sites is 4. The molecule has 6 heterocycles. The number of anilines is 9. The summed E-state index contributed by atoms with van der Waals surface area (Å²) < 4.78 is 197. The number of ether oxygens (including phenoxy) is 1. The predicted molar refractivity (Wildman–Crippen MR) is 451 cm³/mol. The third-order valence-electron chi connectivity index (χ3n) is 21.9. The Bertz CT molecular complexity index is 7470. The van der Waals surface area contributed by atoms with E-state index in [9.17, 15) is 23.3 Å². The number of benzene rings is 16. The van der Waals surface area contributed by atoms with E-state index in [1.54, 1.807) is 9.47 Å². The van der Waals surface area contributed by atoms with E-state index in [2.05, 4.69) is 32.9 Å². The maximum atomic E-state index is 12.4. The number of hydrogen-bond acceptors (Lipinski definition) is 4. The summed E-state index contributed by atoms with van der Waals surface area (Å²) in [7, 11) is 0. The van der Waals surface area contributed by atoms with Gasteiger partial charge in [-0.2, -0.15) is 0 Å². The lowest BCUT2D eigenvalue weighted by molar-refractivity contribution is 0.491. The van der Waals surface area contributed by atoms with Crippen molar-refractivity contribution in [3.05, 3.63) is 363 Å². The van der Waals surface area contributed by atoms with Gasteiger partial charge in [0.25, 0.3) is 13.4 Å². The monoisotopic (exact) mass is 1380 g/mol. The van der Waals surface area contributed by atoms with Gasteiger partial charge in [-0.1, -0.05) is 330 Å². The average molecular weight is 1380 g/mol. The molecule has 500 valence electrons. The fraction of sp³-hybridized carbons (Fsp3) is 0.0400. The van der Waals surface area contributed by atoms with E-state index in [1.807, 2.05) is 246 Å². The smallest absolute Gasteiger partial charge is 0.261 e. The molecule has 0 saturated heterocycles. The molecule has 0 atom stereocenters. The number of fused-ring (bicyclic) bond motifs is 9. The van der Waals surface area contributed by atoms with Crippen molar-refractivity contribution in [2.75, 3.05) is 14.7 Å². The van der Waals surface area contributed by atoms with Gasteiger partial charge >= 0.3 is 0 Å². The van der Waals surface area contributed by atoms with Crippen LogP contribution in [0.3, 0.4) is 0 Å². The lowest BCUT2D eigenvalue weighted by Gasteiger charge is -2.49. The van der Waals surface area contributed by atoms with Crippen LogP contribution in [0, 0.1) is 0 Å². The van der Waals surface area contributed by atoms with Crippen LogP contribution in [0.2, 0.25) is 0 Å². The number of nitrogens with zero attached hydrogens (tertiary/aromatic N) is 4. The van der Waals surface area contributed by atoms with Crippen LogP contribution in [0.25, 0.3) is 105 Å². The molecule has 1 aromatic heterocycles. The highest BCUT2D eigenvalue weighted by Crippen LogP contribution is 2.57. The largest absolute Gasteiger partial charge is 0.459 e. The molecule has 0 N–H and O–H groups in total. The summed E-state index contributed by atoms with van der Waals surface area (Å²) in [5.74, 6) is -0.299. The quantitative estimate of drug-likeness (QED) is 0.127. The highest BCUT2D eigenvalue weighted by Gasteiger charge is 2.54. The van der Waals surface area contributed by atoms with Gasteiger partial charge in [0.2, 0.25) is 0 Å². The average Bonchev–Trinajstić information content (AvgIpc) is 1.63. The highest BCUT2D eigenvalue weighted by atomic mass is 16.5. The molecule has 7 heteroatoms. The van der Waals surface area contributed by atoms with Crippen molar-refractivity contribution in [2.24, 2.45) is 0 Å². The second kappa shape index (κ2) is 23.6. The molecule has 0 unspecified atom stereocenters. The van der Waals surface area contributed by atoms with E-state index in [0.717, 1.165) is 22.3 Å². The predicted octanol–water partition coefficient (Wildman–Crippen LogP) is 22.6. The van der Waals surface area contributed by atoms with Crippen LogP contribution in [0.15, 0.2) is 357 Å². The molecule has 0 fully saturated rings. The lowest BCUT2D eigenvalue weighted by Crippen LogP contribution is -2.66. The second-order valence-electron chi connectivity index (χ2n) is 28.7. The molecule has 17 aromatic rings. The molecule has 5 nitrogen and oxygen atoms in total. The Balaban J connectivity index is 1.00. The molecule has 0 saturated carbocycles. The molecule has 0 amide bonds. The Labute approximate surface area is 649 Å². The van der Waals surface area contributed by atoms with E-state index in [1.165, 1.54) is 0 Å². The third kappa shape index (κ3) is 9.07. The fourth-order valence-electron chi connectivity index (χ4n) is 17.3. The Hall–Kier alpha value is -13.4. The van der Waals surface area contributed by atoms with Crippen LogP contribution in [0.5, 0.6) is 11.5 Å². The van der Waals surface area contributed by atoms with Crippen molar-refractivity contribution in [3.63, 3.8) is 0 Å². The Morgan fingerprint density at radius 2 is 0.757 bits per heavy atom. The summed E-state index contributed by atoms with van der Waals surface area (Å²) in [4.78, 5) is 5.74. The summed E-state index contributed by atoms with van der Waals surface area (Å²) in [6.45, 7) is 3.31. The summed E-state index contributed by atoms with van der Waals surface area (Å²) >= 11 is 0. The van der Waals surface area contributed by atoms with Crippen LogP contribution in [0.1, 0.15) is 51.0 Å². The van der Waals surface area contributed by atoms with Gasteiger partial charge in [0.05, 0.1) is 52.8 Å². The Kier molecular flexibility index (Phi) is 10.1. The molecule has 22 rings (SSSR count).